The SMILES string of the molecule is CC1=C(c2cccc3ccccc23)c2ccccc2[CH]1[Ti+2]([CH3])([CH3])(=[SiH2])[CH]1C(C)=C(c2cccc3ccccc23)c2ccccc21.[Cl-].[Cl-]. The van der Waals surface area contributed by atoms with Crippen molar-refractivity contribution in [2.24, 2.45) is 0 Å². The average Bonchev–Trinajstić information content (AvgIpc) is 3.51. The Morgan fingerprint density at radius 1 is 0.435 bits per heavy atom. The van der Waals surface area contributed by atoms with Crippen LogP contribution in [0.5, 0.6) is 0 Å². The van der Waals surface area contributed by atoms with Crippen molar-refractivity contribution in [2.75, 3.05) is 0 Å². The molecule has 2 unspecified atom stereocenters. The number of fused-ring (bicyclic) bond motifs is 4. The third kappa shape index (κ3) is 4.75. The van der Waals surface area contributed by atoms with Crippen molar-refractivity contribution in [1.82, 2.24) is 0 Å². The van der Waals surface area contributed by atoms with E-state index in [1.807, 2.05) is 0 Å². The normalized spacial score (nSPS) is 17.0. The molecule has 4 heteroatoms. The van der Waals surface area contributed by atoms with E-state index >= 15 is 0 Å². The maximum Gasteiger partial charge on any atom is -1.00 e. The zero-order valence-corrected chi connectivity index (χ0v) is 31.3. The van der Waals surface area contributed by atoms with Gasteiger partial charge in [-0.05, 0) is 0 Å². The molecule has 6 aromatic carbocycles. The Morgan fingerprint density at radius 3 is 1.20 bits per heavy atom. The first kappa shape index (κ1) is 32.8. The number of allylic oxidation sites excluding steroid dienone is 2. The molecular formula is C42H38Cl2SiTi. The topological polar surface area (TPSA) is 0 Å². The molecule has 0 aromatic heterocycles. The van der Waals surface area contributed by atoms with Crippen molar-refractivity contribution in [3.63, 3.8) is 0 Å². The first-order chi connectivity index (χ1) is 21.2. The van der Waals surface area contributed by atoms with Gasteiger partial charge in [-0.25, -0.2) is 0 Å². The van der Waals surface area contributed by atoms with Gasteiger partial charge in [0.25, 0.3) is 0 Å². The Kier molecular flexibility index (Phi) is 8.41. The molecule has 2 atom stereocenters. The van der Waals surface area contributed by atoms with Crippen molar-refractivity contribution in [1.29, 1.82) is 0 Å². The average molecular weight is 690 g/mol. The summed E-state index contributed by atoms with van der Waals surface area (Å²) < 4.78 is 0.880. The number of benzene rings is 6. The molecule has 228 valence electrons. The molecule has 46 heavy (non-hydrogen) atoms. The molecule has 0 fully saturated rings. The summed E-state index contributed by atoms with van der Waals surface area (Å²) in [5.74, 6) is 0. The minimum absolute atomic E-state index is 0. The van der Waals surface area contributed by atoms with E-state index in [9.17, 15) is 0 Å². The van der Waals surface area contributed by atoms with Crippen molar-refractivity contribution in [2.45, 2.75) is 32.7 Å². The summed E-state index contributed by atoms with van der Waals surface area (Å²) in [4.78, 5) is 0. The van der Waals surface area contributed by atoms with Crippen LogP contribution in [0.3, 0.4) is 0 Å². The number of rotatable bonds is 4. The van der Waals surface area contributed by atoms with Crippen LogP contribution in [0.25, 0.3) is 32.7 Å². The van der Waals surface area contributed by atoms with E-state index in [4.69, 9.17) is 0 Å². The largest absolute Gasteiger partial charge is 1.00 e. The molecule has 0 heterocycles. The molecule has 0 spiro atoms. The van der Waals surface area contributed by atoms with Crippen LogP contribution in [0.15, 0.2) is 145 Å². The van der Waals surface area contributed by atoms with Gasteiger partial charge in [0.2, 0.25) is 0 Å². The zero-order valence-electron chi connectivity index (χ0n) is 26.8. The number of hydrogen-bond donors (Lipinski definition) is 0. The predicted octanol–water partition coefficient (Wildman–Crippen LogP) is 4.79. The Balaban J connectivity index is 0.00000186. The fourth-order valence-electron chi connectivity index (χ4n) is 9.35. The zero-order chi connectivity index (χ0) is 30.2. The molecule has 0 amide bonds. The van der Waals surface area contributed by atoms with Crippen LogP contribution in [0.2, 0.25) is 10.5 Å². The van der Waals surface area contributed by atoms with Crippen molar-refractivity contribution in [3.8, 4) is 0 Å². The van der Waals surface area contributed by atoms with Gasteiger partial charge in [-0.3, -0.25) is 0 Å². The summed E-state index contributed by atoms with van der Waals surface area (Å²) in [6.45, 7) is 4.91. The van der Waals surface area contributed by atoms with E-state index in [-0.39, 0.29) is 24.8 Å². The third-order valence-corrected chi connectivity index (χ3v) is 22.4. The Hall–Kier alpha value is -3.17. The molecular weight excluding hydrogens is 651 g/mol. The van der Waals surface area contributed by atoms with Gasteiger partial charge in [-0.15, -0.1) is 0 Å². The van der Waals surface area contributed by atoms with Crippen molar-refractivity contribution >= 4 is 40.3 Å². The standard InChI is InChI=1S/2C20H15.2CH3.2ClH.H2Si.Ti/c2*1-14-13-16-8-3-5-11-18(16)20(14)19-12-6-9-15-7-2-4-10-17(15)19;;;;;;/h2*2-13H,1H3;2*1H3;2*1H;1H2;/q;;;;;;;+2/p-2. The maximum absolute atomic E-state index is 3.50. The van der Waals surface area contributed by atoms with Crippen LogP contribution in [0.1, 0.15) is 55.7 Å². The van der Waals surface area contributed by atoms with Gasteiger partial charge in [-0.2, -0.15) is 0 Å². The number of halogens is 2. The van der Waals surface area contributed by atoms with Gasteiger partial charge in [0, 0.05) is 0 Å². The second kappa shape index (κ2) is 11.8. The minimum Gasteiger partial charge on any atom is -1.00 e. The quantitative estimate of drug-likeness (QED) is 0.234. The third-order valence-electron chi connectivity index (χ3n) is 10.8. The van der Waals surface area contributed by atoms with Gasteiger partial charge >= 0.3 is 265 Å². The molecule has 0 N–H and O–H groups in total. The molecule has 0 saturated carbocycles. The first-order valence-electron chi connectivity index (χ1n) is 15.9. The predicted molar refractivity (Wildman–Crippen MR) is 190 cm³/mol. The number of hydrogen-bond acceptors (Lipinski definition) is 0. The Bertz CT molecular complexity index is 2140. The first-order valence-corrected chi connectivity index (χ1v) is 24.8. The summed E-state index contributed by atoms with van der Waals surface area (Å²) in [6.07, 6.45) is 0. The van der Waals surface area contributed by atoms with Crippen molar-refractivity contribution in [3.05, 3.63) is 178 Å². The van der Waals surface area contributed by atoms with E-state index in [1.165, 1.54) is 66.1 Å². The smallest absolute Gasteiger partial charge is 1.00 e. The van der Waals surface area contributed by atoms with Crippen LogP contribution in [-0.2, 0) is 14.0 Å². The maximum atomic E-state index is 2.74. The van der Waals surface area contributed by atoms with E-state index < -0.39 is 14.0 Å². The molecule has 8 rings (SSSR count). The molecule has 0 radical (unpaired) electrons. The fraction of sp³-hybridized carbons (Fsp3) is 0.143. The molecule has 6 aromatic rings. The van der Waals surface area contributed by atoms with E-state index in [0.29, 0.717) is 8.45 Å². The molecule has 2 aliphatic rings. The summed E-state index contributed by atoms with van der Waals surface area (Å²) in [5, 5.41) is 10.8. The van der Waals surface area contributed by atoms with E-state index in [2.05, 4.69) is 165 Å². The van der Waals surface area contributed by atoms with Gasteiger partial charge in [0.1, 0.15) is 0 Å². The molecule has 0 nitrogen and oxygen atoms in total. The Morgan fingerprint density at radius 2 is 0.761 bits per heavy atom. The summed E-state index contributed by atoms with van der Waals surface area (Å²) >= 11 is -3.50. The van der Waals surface area contributed by atoms with Crippen LogP contribution in [0.4, 0.5) is 0 Å². The second-order valence-corrected chi connectivity index (χ2v) is 34.3. The van der Waals surface area contributed by atoms with Crippen LogP contribution in [-0.4, -0.2) is 7.63 Å². The van der Waals surface area contributed by atoms with Gasteiger partial charge in [-0.1, -0.05) is 0 Å². The monoisotopic (exact) mass is 688 g/mol. The molecule has 2 aliphatic carbocycles. The van der Waals surface area contributed by atoms with Crippen LogP contribution < -0.4 is 24.8 Å². The second-order valence-electron chi connectivity index (χ2n) is 14.1. The minimum atomic E-state index is -3.50. The van der Waals surface area contributed by atoms with Gasteiger partial charge in [0.15, 0.2) is 0 Å². The molecule has 0 bridgehead atoms. The molecule has 0 saturated heterocycles. The summed E-state index contributed by atoms with van der Waals surface area (Å²) in [7, 11) is 2.42. The van der Waals surface area contributed by atoms with Crippen LogP contribution >= 0.6 is 0 Å². The Labute approximate surface area is 288 Å². The van der Waals surface area contributed by atoms with E-state index in [0.717, 1.165) is 0 Å². The van der Waals surface area contributed by atoms with E-state index in [1.54, 1.807) is 11.1 Å². The van der Waals surface area contributed by atoms with Crippen molar-refractivity contribution < 1.29 is 38.9 Å². The van der Waals surface area contributed by atoms with Gasteiger partial charge < -0.3 is 24.8 Å². The molecule has 0 aliphatic heterocycles. The van der Waals surface area contributed by atoms with Crippen LogP contribution in [0, 0.1) is 0 Å². The fourth-order valence-corrected chi connectivity index (χ4v) is 23.1. The summed E-state index contributed by atoms with van der Waals surface area (Å²) in [6, 6.07) is 50.1. The summed E-state index contributed by atoms with van der Waals surface area (Å²) in [5.41, 5.74) is 14.7. The van der Waals surface area contributed by atoms with Gasteiger partial charge in [0.05, 0.1) is 0 Å².